The highest BCUT2D eigenvalue weighted by atomic mass is 35.5. The van der Waals surface area contributed by atoms with E-state index < -0.39 is 0 Å². The number of amidine groups is 1. The minimum Gasteiger partial charge on any atom is -0.493 e. The molecule has 1 heterocycles. The molecular weight excluding hydrogens is 372 g/mol. The summed E-state index contributed by atoms with van der Waals surface area (Å²) in [4.78, 5) is 17.2. The number of rotatable bonds is 5. The first-order valence-electron chi connectivity index (χ1n) is 7.95. The van der Waals surface area contributed by atoms with Crippen LogP contribution in [0.4, 0.5) is 5.69 Å². The second-order valence-electron chi connectivity index (χ2n) is 5.30. The van der Waals surface area contributed by atoms with Crippen LogP contribution in [0.25, 0.3) is 6.08 Å². The van der Waals surface area contributed by atoms with Gasteiger partial charge in [0.15, 0.2) is 16.7 Å². The normalized spacial score (nSPS) is 16.8. The summed E-state index contributed by atoms with van der Waals surface area (Å²) < 4.78 is 10.9. The van der Waals surface area contributed by atoms with Gasteiger partial charge in [-0.15, -0.1) is 0 Å². The molecule has 5 nitrogen and oxygen atoms in total. The number of carbonyl (C=O) groups is 1. The first kappa shape index (κ1) is 18.4. The Morgan fingerprint density at radius 2 is 1.96 bits per heavy atom. The zero-order chi connectivity index (χ0) is 18.5. The summed E-state index contributed by atoms with van der Waals surface area (Å²) in [7, 11) is 1.59. The molecule has 1 fully saturated rings. The lowest BCUT2D eigenvalue weighted by Gasteiger charge is -2.09. The van der Waals surface area contributed by atoms with E-state index >= 15 is 0 Å². The van der Waals surface area contributed by atoms with Gasteiger partial charge in [-0.1, -0.05) is 17.7 Å². The number of nitrogens with one attached hydrogen (secondary N) is 1. The molecule has 0 atom stereocenters. The molecule has 1 aliphatic heterocycles. The first-order valence-corrected chi connectivity index (χ1v) is 9.14. The molecule has 0 spiro atoms. The molecule has 1 amide bonds. The molecule has 7 heteroatoms. The fraction of sp³-hybridized carbons (Fsp3) is 0.158. The van der Waals surface area contributed by atoms with Gasteiger partial charge in [-0.2, -0.15) is 0 Å². The van der Waals surface area contributed by atoms with E-state index in [1.54, 1.807) is 37.5 Å². The van der Waals surface area contributed by atoms with Crippen LogP contribution >= 0.6 is 23.4 Å². The van der Waals surface area contributed by atoms with Crippen molar-refractivity contribution < 1.29 is 14.3 Å². The monoisotopic (exact) mass is 388 g/mol. The number of amides is 1. The standard InChI is InChI=1S/C19H17ClN2O3S/c1-3-25-16-10-12(4-9-15(16)24-2)11-17-18(23)22-19(26-17)21-14-7-5-13(20)6-8-14/h4-11H,3H2,1-2H3,(H,21,22,23)/b17-11-. The van der Waals surface area contributed by atoms with Gasteiger partial charge >= 0.3 is 0 Å². The average Bonchev–Trinajstić information content (AvgIpc) is 2.97. The van der Waals surface area contributed by atoms with Crippen LogP contribution in [-0.2, 0) is 4.79 Å². The van der Waals surface area contributed by atoms with E-state index in [0.717, 1.165) is 11.3 Å². The third kappa shape index (κ3) is 4.39. The van der Waals surface area contributed by atoms with E-state index in [9.17, 15) is 4.79 Å². The number of thioether (sulfide) groups is 1. The summed E-state index contributed by atoms with van der Waals surface area (Å²) in [5.74, 6) is 1.11. The van der Waals surface area contributed by atoms with Crippen molar-refractivity contribution in [2.24, 2.45) is 4.99 Å². The van der Waals surface area contributed by atoms with Crippen LogP contribution in [-0.4, -0.2) is 24.8 Å². The van der Waals surface area contributed by atoms with E-state index in [4.69, 9.17) is 21.1 Å². The molecule has 1 saturated heterocycles. The van der Waals surface area contributed by atoms with Crippen LogP contribution in [0.1, 0.15) is 12.5 Å². The highest BCUT2D eigenvalue weighted by Gasteiger charge is 2.24. The van der Waals surface area contributed by atoms with Crippen LogP contribution in [0, 0.1) is 0 Å². The summed E-state index contributed by atoms with van der Waals surface area (Å²) in [5.41, 5.74) is 1.57. The van der Waals surface area contributed by atoms with Gasteiger partial charge in [-0.25, -0.2) is 4.99 Å². The molecule has 0 bridgehead atoms. The number of ether oxygens (including phenoxy) is 2. The molecule has 2 aromatic rings. The predicted molar refractivity (Wildman–Crippen MR) is 106 cm³/mol. The van der Waals surface area contributed by atoms with Gasteiger partial charge in [0.05, 0.1) is 24.3 Å². The van der Waals surface area contributed by atoms with Crippen LogP contribution in [0.5, 0.6) is 11.5 Å². The Bertz CT molecular complexity index is 879. The molecular formula is C19H17ClN2O3S. The molecule has 3 rings (SSSR count). The van der Waals surface area contributed by atoms with Crippen molar-refractivity contribution >= 4 is 46.2 Å². The lowest BCUT2D eigenvalue weighted by atomic mass is 10.2. The maximum Gasteiger partial charge on any atom is 0.264 e. The third-order valence-corrected chi connectivity index (χ3v) is 4.66. The minimum absolute atomic E-state index is 0.184. The second kappa shape index (κ2) is 8.29. The third-order valence-electron chi connectivity index (χ3n) is 3.49. The Hall–Kier alpha value is -2.44. The minimum atomic E-state index is -0.184. The summed E-state index contributed by atoms with van der Waals surface area (Å²) >= 11 is 7.16. The van der Waals surface area contributed by atoms with E-state index in [2.05, 4.69) is 10.3 Å². The maximum atomic E-state index is 12.2. The van der Waals surface area contributed by atoms with Crippen molar-refractivity contribution in [2.75, 3.05) is 13.7 Å². The molecule has 2 aromatic carbocycles. The van der Waals surface area contributed by atoms with E-state index in [-0.39, 0.29) is 5.91 Å². The zero-order valence-electron chi connectivity index (χ0n) is 14.3. The number of hydrogen-bond acceptors (Lipinski definition) is 5. The second-order valence-corrected chi connectivity index (χ2v) is 6.77. The highest BCUT2D eigenvalue weighted by Crippen LogP contribution is 2.32. The Morgan fingerprint density at radius 3 is 2.65 bits per heavy atom. The van der Waals surface area contributed by atoms with Gasteiger partial charge in [0.2, 0.25) is 0 Å². The van der Waals surface area contributed by atoms with E-state index in [1.807, 2.05) is 25.1 Å². The molecule has 0 radical (unpaired) electrons. The Morgan fingerprint density at radius 1 is 1.19 bits per heavy atom. The number of methoxy groups -OCH3 is 1. The Labute approximate surface area is 161 Å². The number of nitrogens with zero attached hydrogens (tertiary/aromatic N) is 1. The van der Waals surface area contributed by atoms with E-state index in [1.165, 1.54) is 11.8 Å². The van der Waals surface area contributed by atoms with Gasteiger partial charge in [-0.05, 0) is 66.7 Å². The molecule has 1 N–H and O–H groups in total. The molecule has 26 heavy (non-hydrogen) atoms. The van der Waals surface area contributed by atoms with Crippen molar-refractivity contribution in [3.8, 4) is 11.5 Å². The zero-order valence-corrected chi connectivity index (χ0v) is 15.9. The average molecular weight is 389 g/mol. The van der Waals surface area contributed by atoms with Crippen molar-refractivity contribution in [2.45, 2.75) is 6.92 Å². The largest absolute Gasteiger partial charge is 0.493 e. The lowest BCUT2D eigenvalue weighted by molar-refractivity contribution is -0.115. The predicted octanol–water partition coefficient (Wildman–Crippen LogP) is 4.64. The summed E-state index contributed by atoms with van der Waals surface area (Å²) in [6.45, 7) is 2.44. The van der Waals surface area contributed by atoms with Gasteiger partial charge in [0.25, 0.3) is 5.91 Å². The van der Waals surface area contributed by atoms with Crippen molar-refractivity contribution in [3.05, 3.63) is 58.0 Å². The van der Waals surface area contributed by atoms with Crippen molar-refractivity contribution in [1.82, 2.24) is 5.32 Å². The Balaban J connectivity index is 1.82. The fourth-order valence-corrected chi connectivity index (χ4v) is 3.28. The highest BCUT2D eigenvalue weighted by molar-refractivity contribution is 8.18. The Kier molecular flexibility index (Phi) is 5.85. The molecule has 1 aliphatic rings. The van der Waals surface area contributed by atoms with Crippen LogP contribution < -0.4 is 14.8 Å². The van der Waals surface area contributed by atoms with Gasteiger partial charge in [0.1, 0.15) is 0 Å². The SMILES string of the molecule is CCOc1cc(/C=C2\SC(=Nc3ccc(Cl)cc3)NC2=O)ccc1OC. The van der Waals surface area contributed by atoms with Gasteiger partial charge < -0.3 is 14.8 Å². The molecule has 0 unspecified atom stereocenters. The summed E-state index contributed by atoms with van der Waals surface area (Å²) in [6, 6.07) is 12.6. The topological polar surface area (TPSA) is 59.9 Å². The van der Waals surface area contributed by atoms with Crippen LogP contribution in [0.15, 0.2) is 52.4 Å². The van der Waals surface area contributed by atoms with Gasteiger partial charge in [-0.3, -0.25) is 4.79 Å². The lowest BCUT2D eigenvalue weighted by Crippen LogP contribution is -2.19. The van der Waals surface area contributed by atoms with Crippen molar-refractivity contribution in [1.29, 1.82) is 0 Å². The summed E-state index contributed by atoms with van der Waals surface area (Å²) in [5, 5.41) is 3.94. The molecule has 0 saturated carbocycles. The quantitative estimate of drug-likeness (QED) is 0.758. The van der Waals surface area contributed by atoms with Gasteiger partial charge in [0, 0.05) is 5.02 Å². The number of aliphatic imine (C=N–C) groups is 1. The van der Waals surface area contributed by atoms with Crippen LogP contribution in [0.2, 0.25) is 5.02 Å². The summed E-state index contributed by atoms with van der Waals surface area (Å²) in [6.07, 6.45) is 1.80. The number of carbonyl (C=O) groups excluding carboxylic acids is 1. The van der Waals surface area contributed by atoms with Crippen LogP contribution in [0.3, 0.4) is 0 Å². The number of halogens is 1. The molecule has 0 aromatic heterocycles. The number of benzene rings is 2. The fourth-order valence-electron chi connectivity index (χ4n) is 2.32. The maximum absolute atomic E-state index is 12.2. The number of hydrogen-bond donors (Lipinski definition) is 1. The first-order chi connectivity index (χ1) is 12.6. The molecule has 0 aliphatic carbocycles. The smallest absolute Gasteiger partial charge is 0.264 e. The molecule has 134 valence electrons. The van der Waals surface area contributed by atoms with E-state index in [0.29, 0.717) is 33.2 Å². The van der Waals surface area contributed by atoms with Crippen molar-refractivity contribution in [3.63, 3.8) is 0 Å².